The average Bonchev–Trinajstić information content (AvgIpc) is 3.41. The summed E-state index contributed by atoms with van der Waals surface area (Å²) in [6, 6.07) is 40.6. The van der Waals surface area contributed by atoms with Gasteiger partial charge in [0.25, 0.3) is 0 Å². The Kier molecular flexibility index (Phi) is 7.94. The third-order valence-electron chi connectivity index (χ3n) is 6.50. The van der Waals surface area contributed by atoms with Crippen molar-refractivity contribution in [2.45, 2.75) is 25.0 Å². The zero-order valence-electron chi connectivity index (χ0n) is 20.1. The highest BCUT2D eigenvalue weighted by atomic mass is 127. The van der Waals surface area contributed by atoms with Crippen LogP contribution in [0.2, 0.25) is 0 Å². The maximum atomic E-state index is 5.93. The molecule has 0 saturated heterocycles. The largest absolute Gasteiger partial charge is 0.377 e. The van der Waals surface area contributed by atoms with Crippen LogP contribution in [0.15, 0.2) is 128 Å². The number of nitrogens with zero attached hydrogens (tertiary/aromatic N) is 2. The first kappa shape index (κ1) is 24.5. The Balaban J connectivity index is 1.40. The van der Waals surface area contributed by atoms with Crippen LogP contribution in [-0.4, -0.2) is 16.2 Å². The number of aromatic nitrogens is 2. The molecule has 0 bridgehead atoms. The van der Waals surface area contributed by atoms with Gasteiger partial charge in [0.05, 0.1) is 18.6 Å². The molecule has 0 aliphatic carbocycles. The molecule has 0 aliphatic rings. The lowest BCUT2D eigenvalue weighted by molar-refractivity contribution is 0.118. The fourth-order valence-electron chi connectivity index (χ4n) is 4.79. The van der Waals surface area contributed by atoms with Gasteiger partial charge in [-0.25, -0.2) is 4.98 Å². The minimum atomic E-state index is -0.518. The maximum absolute atomic E-state index is 5.93. The van der Waals surface area contributed by atoms with Gasteiger partial charge in [-0.05, 0) is 69.8 Å². The lowest BCUT2D eigenvalue weighted by Crippen LogP contribution is -2.36. The van der Waals surface area contributed by atoms with E-state index in [9.17, 15) is 0 Å². The van der Waals surface area contributed by atoms with Crippen LogP contribution in [0.25, 0.3) is 0 Å². The maximum Gasteiger partial charge on any atom is 0.121 e. The van der Waals surface area contributed by atoms with E-state index in [2.05, 4.69) is 149 Å². The van der Waals surface area contributed by atoms with Gasteiger partial charge in [0.2, 0.25) is 0 Å². The number of imidazole rings is 1. The summed E-state index contributed by atoms with van der Waals surface area (Å²) in [6.07, 6.45) is 5.98. The molecule has 0 aliphatic heterocycles. The molecule has 0 unspecified atom stereocenters. The lowest BCUT2D eigenvalue weighted by Gasteiger charge is -2.37. The van der Waals surface area contributed by atoms with E-state index in [1.807, 2.05) is 6.33 Å². The van der Waals surface area contributed by atoms with Crippen molar-refractivity contribution in [3.8, 4) is 0 Å². The Morgan fingerprint density at radius 3 is 1.75 bits per heavy atom. The van der Waals surface area contributed by atoms with Gasteiger partial charge in [-0.1, -0.05) is 103 Å². The van der Waals surface area contributed by atoms with E-state index in [-0.39, 0.29) is 0 Å². The Bertz CT molecular complexity index is 1250. The molecule has 1 aromatic heterocycles. The topological polar surface area (TPSA) is 27.1 Å². The molecule has 0 spiro atoms. The van der Waals surface area contributed by atoms with Crippen molar-refractivity contribution in [3.05, 3.63) is 159 Å². The molecule has 0 N–H and O–H groups in total. The smallest absolute Gasteiger partial charge is 0.121 e. The first-order chi connectivity index (χ1) is 17.8. The van der Waals surface area contributed by atoms with E-state index in [0.717, 1.165) is 18.5 Å². The predicted molar refractivity (Wildman–Crippen MR) is 154 cm³/mol. The second-order valence-electron chi connectivity index (χ2n) is 8.86. The SMILES string of the molecule is Ic1ccc(COCCCc2cn(C(c3ccccc3)(c3ccccc3)c3ccccc3)cn2)cc1. The molecule has 0 fully saturated rings. The summed E-state index contributed by atoms with van der Waals surface area (Å²) in [6.45, 7) is 1.35. The molecule has 5 rings (SSSR count). The van der Waals surface area contributed by atoms with Gasteiger partial charge >= 0.3 is 0 Å². The number of rotatable bonds is 10. The summed E-state index contributed by atoms with van der Waals surface area (Å²) in [4.78, 5) is 4.83. The Morgan fingerprint density at radius 2 is 1.22 bits per heavy atom. The van der Waals surface area contributed by atoms with E-state index in [1.54, 1.807) is 0 Å². The van der Waals surface area contributed by atoms with Crippen LogP contribution < -0.4 is 0 Å². The van der Waals surface area contributed by atoms with Crippen molar-refractivity contribution in [1.29, 1.82) is 0 Å². The minimum Gasteiger partial charge on any atom is -0.377 e. The molecule has 36 heavy (non-hydrogen) atoms. The molecule has 0 saturated carbocycles. The van der Waals surface area contributed by atoms with Gasteiger partial charge in [0.15, 0.2) is 0 Å². The third-order valence-corrected chi connectivity index (χ3v) is 7.22. The number of ether oxygens (including phenoxy) is 1. The van der Waals surface area contributed by atoms with Crippen molar-refractivity contribution in [1.82, 2.24) is 9.55 Å². The molecule has 4 aromatic carbocycles. The molecular formula is C32H29IN2O. The van der Waals surface area contributed by atoms with Gasteiger partial charge < -0.3 is 9.30 Å². The zero-order chi connectivity index (χ0) is 24.6. The van der Waals surface area contributed by atoms with Crippen molar-refractivity contribution in [2.24, 2.45) is 0 Å². The quantitative estimate of drug-likeness (QED) is 0.0968. The number of benzene rings is 4. The molecule has 3 nitrogen and oxygen atoms in total. The van der Waals surface area contributed by atoms with Gasteiger partial charge in [-0.2, -0.15) is 0 Å². The van der Waals surface area contributed by atoms with Crippen molar-refractivity contribution < 1.29 is 4.74 Å². The Hall–Kier alpha value is -3.22. The molecule has 4 heteroatoms. The van der Waals surface area contributed by atoms with Crippen LogP contribution in [-0.2, 0) is 23.3 Å². The molecule has 0 radical (unpaired) electrons. The van der Waals surface area contributed by atoms with Crippen molar-refractivity contribution in [3.63, 3.8) is 0 Å². The number of hydrogen-bond acceptors (Lipinski definition) is 2. The monoisotopic (exact) mass is 584 g/mol. The van der Waals surface area contributed by atoms with Crippen LogP contribution in [0.1, 0.15) is 34.4 Å². The summed E-state index contributed by atoms with van der Waals surface area (Å²) < 4.78 is 9.44. The van der Waals surface area contributed by atoms with Crippen LogP contribution in [0, 0.1) is 3.57 Å². The van der Waals surface area contributed by atoms with Crippen LogP contribution in [0.3, 0.4) is 0 Å². The van der Waals surface area contributed by atoms with E-state index in [0.29, 0.717) is 13.2 Å². The summed E-state index contributed by atoms with van der Waals surface area (Å²) in [5.74, 6) is 0. The third kappa shape index (κ3) is 5.30. The first-order valence-electron chi connectivity index (χ1n) is 12.3. The highest BCUT2D eigenvalue weighted by molar-refractivity contribution is 14.1. The van der Waals surface area contributed by atoms with Gasteiger partial charge in [0.1, 0.15) is 5.54 Å². The fraction of sp³-hybridized carbons (Fsp3) is 0.156. The highest BCUT2D eigenvalue weighted by Crippen LogP contribution is 2.40. The standard InChI is InChI=1S/C32H29IN2O/c33-30-20-18-26(19-21-30)24-36-22-10-17-31-23-35(25-34-31)32(27-11-4-1-5-12-27,28-13-6-2-7-14-28)29-15-8-3-9-16-29/h1-9,11-16,18-21,23,25H,10,17,22,24H2. The van der Waals surface area contributed by atoms with Crippen molar-refractivity contribution in [2.75, 3.05) is 6.61 Å². The Labute approximate surface area is 226 Å². The van der Waals surface area contributed by atoms with Crippen LogP contribution in [0.4, 0.5) is 0 Å². The second kappa shape index (κ2) is 11.7. The van der Waals surface area contributed by atoms with E-state index < -0.39 is 5.54 Å². The zero-order valence-corrected chi connectivity index (χ0v) is 22.3. The Morgan fingerprint density at radius 1 is 0.694 bits per heavy atom. The number of hydrogen-bond donors (Lipinski definition) is 0. The first-order valence-corrected chi connectivity index (χ1v) is 13.4. The molecule has 0 amide bonds. The summed E-state index contributed by atoms with van der Waals surface area (Å²) in [5, 5.41) is 0. The van der Waals surface area contributed by atoms with Crippen LogP contribution in [0.5, 0.6) is 0 Å². The van der Waals surface area contributed by atoms with E-state index >= 15 is 0 Å². The van der Waals surface area contributed by atoms with Crippen molar-refractivity contribution >= 4 is 22.6 Å². The van der Waals surface area contributed by atoms with E-state index in [1.165, 1.54) is 25.8 Å². The molecule has 5 aromatic rings. The summed E-state index contributed by atoms with van der Waals surface area (Å²) in [7, 11) is 0. The molecule has 1 heterocycles. The highest BCUT2D eigenvalue weighted by Gasteiger charge is 2.38. The summed E-state index contributed by atoms with van der Waals surface area (Å²) in [5.41, 5.74) is 5.36. The van der Waals surface area contributed by atoms with E-state index in [4.69, 9.17) is 9.72 Å². The van der Waals surface area contributed by atoms with Crippen LogP contribution >= 0.6 is 22.6 Å². The molecular weight excluding hydrogens is 555 g/mol. The fourth-order valence-corrected chi connectivity index (χ4v) is 5.15. The van der Waals surface area contributed by atoms with Gasteiger partial charge in [-0.15, -0.1) is 0 Å². The molecule has 0 atom stereocenters. The lowest BCUT2D eigenvalue weighted by atomic mass is 9.77. The average molecular weight is 585 g/mol. The normalized spacial score (nSPS) is 11.5. The predicted octanol–water partition coefficient (Wildman–Crippen LogP) is 7.48. The second-order valence-corrected chi connectivity index (χ2v) is 10.1. The van der Waals surface area contributed by atoms with Gasteiger partial charge in [-0.3, -0.25) is 0 Å². The number of halogens is 1. The van der Waals surface area contributed by atoms with Gasteiger partial charge in [0, 0.05) is 16.4 Å². The minimum absolute atomic E-state index is 0.518. The summed E-state index contributed by atoms with van der Waals surface area (Å²) >= 11 is 2.32. The number of aryl methyl sites for hydroxylation is 1. The molecule has 180 valence electrons.